The van der Waals surface area contributed by atoms with E-state index in [1.807, 2.05) is 0 Å². The zero-order valence-corrected chi connectivity index (χ0v) is 13.5. The van der Waals surface area contributed by atoms with E-state index in [-0.39, 0.29) is 22.8 Å². The van der Waals surface area contributed by atoms with Gasteiger partial charge in [-0.1, -0.05) is 18.2 Å². The molecule has 1 aliphatic rings. The molecular formula is C15H22N2O3S. The number of benzene rings is 1. The Hall–Kier alpha value is -1.40. The lowest BCUT2D eigenvalue weighted by Crippen LogP contribution is -2.58. The summed E-state index contributed by atoms with van der Waals surface area (Å²) in [5.41, 5.74) is 0.464. The van der Waals surface area contributed by atoms with Gasteiger partial charge in [0.1, 0.15) is 0 Å². The number of hydrogen-bond acceptors (Lipinski definition) is 4. The summed E-state index contributed by atoms with van der Waals surface area (Å²) < 4.78 is 23.6. The van der Waals surface area contributed by atoms with E-state index in [0.29, 0.717) is 18.7 Å². The van der Waals surface area contributed by atoms with Crippen LogP contribution in [0.1, 0.15) is 19.4 Å². The number of sulfone groups is 1. The number of carbonyl (C=O) groups is 1. The molecule has 116 valence electrons. The molecule has 1 aliphatic heterocycles. The van der Waals surface area contributed by atoms with Gasteiger partial charge in [0, 0.05) is 31.4 Å². The molecule has 0 radical (unpaired) electrons. The molecule has 0 atom stereocenters. The predicted octanol–water partition coefficient (Wildman–Crippen LogP) is 0.843. The van der Waals surface area contributed by atoms with Crippen molar-refractivity contribution in [2.24, 2.45) is 0 Å². The molecule has 0 unspecified atom stereocenters. The van der Waals surface area contributed by atoms with E-state index in [0.717, 1.165) is 6.54 Å². The summed E-state index contributed by atoms with van der Waals surface area (Å²) in [5.74, 6) is -0.0272. The molecule has 1 N–H and O–H groups in total. The number of piperazine rings is 1. The fourth-order valence-electron chi connectivity index (χ4n) is 2.64. The Bertz CT molecular complexity index is 638. The average Bonchev–Trinajstić information content (AvgIpc) is 2.37. The SMILES string of the molecule is CC1(C)CN(C(=O)Cc2ccccc2S(C)(=O)=O)CCN1. The lowest BCUT2D eigenvalue weighted by atomic mass is 10.0. The summed E-state index contributed by atoms with van der Waals surface area (Å²) in [6.07, 6.45) is 1.30. The first-order valence-electron chi connectivity index (χ1n) is 7.00. The highest BCUT2D eigenvalue weighted by Crippen LogP contribution is 2.18. The molecule has 0 bridgehead atoms. The first-order valence-corrected chi connectivity index (χ1v) is 8.89. The molecule has 2 rings (SSSR count). The fourth-order valence-corrected chi connectivity index (χ4v) is 3.58. The summed E-state index contributed by atoms with van der Waals surface area (Å²) >= 11 is 0. The van der Waals surface area contributed by atoms with Crippen molar-refractivity contribution < 1.29 is 13.2 Å². The van der Waals surface area contributed by atoms with Crippen molar-refractivity contribution in [3.8, 4) is 0 Å². The summed E-state index contributed by atoms with van der Waals surface area (Å²) in [5, 5.41) is 3.35. The highest BCUT2D eigenvalue weighted by molar-refractivity contribution is 7.90. The zero-order chi connectivity index (χ0) is 15.7. The topological polar surface area (TPSA) is 66.5 Å². The Morgan fingerprint density at radius 3 is 2.62 bits per heavy atom. The van der Waals surface area contributed by atoms with Gasteiger partial charge in [0.25, 0.3) is 0 Å². The first kappa shape index (κ1) is 16.0. The summed E-state index contributed by atoms with van der Waals surface area (Å²) in [6.45, 7) is 6.15. The molecule has 0 aromatic heterocycles. The van der Waals surface area contributed by atoms with Crippen molar-refractivity contribution >= 4 is 15.7 Å². The second kappa shape index (κ2) is 5.77. The van der Waals surface area contributed by atoms with Crippen molar-refractivity contribution in [1.29, 1.82) is 0 Å². The number of carbonyl (C=O) groups excluding carboxylic acids is 1. The molecule has 1 saturated heterocycles. The van der Waals surface area contributed by atoms with Crippen LogP contribution in [0, 0.1) is 0 Å². The van der Waals surface area contributed by atoms with Gasteiger partial charge in [-0.3, -0.25) is 4.79 Å². The van der Waals surface area contributed by atoms with E-state index in [2.05, 4.69) is 19.2 Å². The van der Waals surface area contributed by atoms with Crippen LogP contribution in [-0.4, -0.2) is 50.7 Å². The van der Waals surface area contributed by atoms with Gasteiger partial charge in [0.2, 0.25) is 5.91 Å². The highest BCUT2D eigenvalue weighted by atomic mass is 32.2. The molecular weight excluding hydrogens is 288 g/mol. The molecule has 1 amide bonds. The second-order valence-corrected chi connectivity index (χ2v) is 8.17. The smallest absolute Gasteiger partial charge is 0.227 e. The van der Waals surface area contributed by atoms with Crippen LogP contribution in [0.25, 0.3) is 0 Å². The van der Waals surface area contributed by atoms with Gasteiger partial charge < -0.3 is 10.2 Å². The number of rotatable bonds is 3. The van der Waals surface area contributed by atoms with Crippen molar-refractivity contribution in [3.63, 3.8) is 0 Å². The predicted molar refractivity (Wildman–Crippen MR) is 81.9 cm³/mol. The molecule has 1 fully saturated rings. The first-order chi connectivity index (χ1) is 9.69. The Kier molecular flexibility index (Phi) is 4.39. The molecule has 0 aliphatic carbocycles. The van der Waals surface area contributed by atoms with Gasteiger partial charge in [-0.05, 0) is 25.5 Å². The van der Waals surface area contributed by atoms with Crippen molar-refractivity contribution in [2.45, 2.75) is 30.7 Å². The lowest BCUT2D eigenvalue weighted by Gasteiger charge is -2.39. The van der Waals surface area contributed by atoms with E-state index in [4.69, 9.17) is 0 Å². The van der Waals surface area contributed by atoms with Crippen molar-refractivity contribution in [2.75, 3.05) is 25.9 Å². The normalized spacial score (nSPS) is 18.5. The fraction of sp³-hybridized carbons (Fsp3) is 0.533. The van der Waals surface area contributed by atoms with E-state index < -0.39 is 9.84 Å². The van der Waals surface area contributed by atoms with Crippen LogP contribution in [0.5, 0.6) is 0 Å². The summed E-state index contributed by atoms with van der Waals surface area (Å²) in [4.78, 5) is 14.5. The van der Waals surface area contributed by atoms with Crippen LogP contribution in [0.2, 0.25) is 0 Å². The van der Waals surface area contributed by atoms with Gasteiger partial charge in [0.15, 0.2) is 9.84 Å². The minimum atomic E-state index is -3.32. The third-order valence-corrected chi connectivity index (χ3v) is 4.84. The number of hydrogen-bond donors (Lipinski definition) is 1. The lowest BCUT2D eigenvalue weighted by molar-refractivity contribution is -0.132. The highest BCUT2D eigenvalue weighted by Gasteiger charge is 2.29. The zero-order valence-electron chi connectivity index (χ0n) is 12.7. The second-order valence-electron chi connectivity index (χ2n) is 6.18. The van der Waals surface area contributed by atoms with Gasteiger partial charge in [-0.2, -0.15) is 0 Å². The third-order valence-electron chi connectivity index (χ3n) is 3.64. The molecule has 1 aromatic rings. The molecule has 0 saturated carbocycles. The van der Waals surface area contributed by atoms with Crippen molar-refractivity contribution in [1.82, 2.24) is 10.2 Å². The molecule has 5 nitrogen and oxygen atoms in total. The van der Waals surface area contributed by atoms with E-state index in [9.17, 15) is 13.2 Å². The maximum absolute atomic E-state index is 12.4. The van der Waals surface area contributed by atoms with Gasteiger partial charge in [0.05, 0.1) is 11.3 Å². The minimum Gasteiger partial charge on any atom is -0.339 e. The molecule has 1 heterocycles. The average molecular weight is 310 g/mol. The molecule has 1 aromatic carbocycles. The Morgan fingerprint density at radius 2 is 2.00 bits per heavy atom. The number of nitrogens with one attached hydrogen (secondary N) is 1. The quantitative estimate of drug-likeness (QED) is 0.898. The Morgan fingerprint density at radius 1 is 1.33 bits per heavy atom. The largest absolute Gasteiger partial charge is 0.339 e. The maximum Gasteiger partial charge on any atom is 0.227 e. The van der Waals surface area contributed by atoms with Gasteiger partial charge in [-0.15, -0.1) is 0 Å². The van der Waals surface area contributed by atoms with E-state index >= 15 is 0 Å². The van der Waals surface area contributed by atoms with Crippen LogP contribution < -0.4 is 5.32 Å². The summed E-state index contributed by atoms with van der Waals surface area (Å²) in [7, 11) is -3.32. The monoisotopic (exact) mass is 310 g/mol. The van der Waals surface area contributed by atoms with Crippen LogP contribution >= 0.6 is 0 Å². The summed E-state index contributed by atoms with van der Waals surface area (Å²) in [6, 6.07) is 6.71. The molecule has 21 heavy (non-hydrogen) atoms. The van der Waals surface area contributed by atoms with Crippen LogP contribution in [-0.2, 0) is 21.1 Å². The van der Waals surface area contributed by atoms with Crippen LogP contribution in [0.15, 0.2) is 29.2 Å². The Balaban J connectivity index is 2.17. The third kappa shape index (κ3) is 4.04. The van der Waals surface area contributed by atoms with Gasteiger partial charge >= 0.3 is 0 Å². The molecule has 0 spiro atoms. The van der Waals surface area contributed by atoms with Crippen molar-refractivity contribution in [3.05, 3.63) is 29.8 Å². The van der Waals surface area contributed by atoms with E-state index in [1.54, 1.807) is 29.2 Å². The number of amides is 1. The number of nitrogens with zero attached hydrogens (tertiary/aromatic N) is 1. The Labute approximate surface area is 126 Å². The van der Waals surface area contributed by atoms with Crippen LogP contribution in [0.4, 0.5) is 0 Å². The maximum atomic E-state index is 12.4. The van der Waals surface area contributed by atoms with Crippen LogP contribution in [0.3, 0.4) is 0 Å². The minimum absolute atomic E-state index is 0.0272. The van der Waals surface area contributed by atoms with Gasteiger partial charge in [-0.25, -0.2) is 8.42 Å². The standard InChI is InChI=1S/C15H22N2O3S/c1-15(2)11-17(9-8-16-15)14(18)10-12-6-4-5-7-13(12)21(3,19)20/h4-7,16H,8-11H2,1-3H3. The molecule has 6 heteroatoms. The van der Waals surface area contributed by atoms with E-state index in [1.165, 1.54) is 6.26 Å².